The van der Waals surface area contributed by atoms with E-state index in [2.05, 4.69) is 21.8 Å². The minimum Gasteiger partial charge on any atom is -0.497 e. The van der Waals surface area contributed by atoms with Crippen molar-refractivity contribution in [2.75, 3.05) is 27.2 Å². The number of methoxy groups -OCH3 is 1. The summed E-state index contributed by atoms with van der Waals surface area (Å²) in [5, 5.41) is 0. The molecule has 0 N–H and O–H groups in total. The second-order valence-electron chi connectivity index (χ2n) is 8.24. The summed E-state index contributed by atoms with van der Waals surface area (Å²) in [6.07, 6.45) is 4.85. The molecule has 0 aliphatic carbocycles. The number of hydrogen-bond acceptors (Lipinski definition) is 6. The lowest BCUT2D eigenvalue weighted by molar-refractivity contribution is -0.130. The Bertz CT molecular complexity index is 1090. The Labute approximate surface area is 189 Å². The highest BCUT2D eigenvalue weighted by atomic mass is 16.5. The summed E-state index contributed by atoms with van der Waals surface area (Å²) < 4.78 is 11.6. The molecule has 1 amide bonds. The molecule has 0 fully saturated rings. The SMILES string of the molecule is CCC1CN(CCC(=O)N(C)Cc2ccc3nccnc3c2)Cc2cc(OC)ccc2O1. The minimum absolute atomic E-state index is 0.108. The van der Waals surface area contributed by atoms with Gasteiger partial charge in [-0.05, 0) is 42.3 Å². The van der Waals surface area contributed by atoms with Gasteiger partial charge in [0, 0.05) is 57.6 Å². The van der Waals surface area contributed by atoms with Crippen molar-refractivity contribution in [2.45, 2.75) is 39.0 Å². The second-order valence-corrected chi connectivity index (χ2v) is 8.24. The van der Waals surface area contributed by atoms with E-state index in [9.17, 15) is 4.79 Å². The number of carbonyl (C=O) groups excluding carboxylic acids is 1. The largest absolute Gasteiger partial charge is 0.497 e. The second kappa shape index (κ2) is 9.96. The van der Waals surface area contributed by atoms with E-state index >= 15 is 0 Å². The maximum absolute atomic E-state index is 12.9. The van der Waals surface area contributed by atoms with E-state index < -0.39 is 0 Å². The van der Waals surface area contributed by atoms with Crippen LogP contribution in [-0.2, 0) is 17.9 Å². The Morgan fingerprint density at radius 3 is 2.78 bits per heavy atom. The molecular formula is C25H30N4O3. The standard InChI is InChI=1S/C25H30N4O3/c1-4-20-17-29(16-19-14-21(31-3)6-8-24(19)32-20)12-9-25(30)28(2)15-18-5-7-22-23(13-18)27-11-10-26-22/h5-8,10-11,13-14,20H,4,9,12,15-17H2,1-3H3. The molecule has 2 heterocycles. The average Bonchev–Trinajstić information content (AvgIpc) is 3.00. The number of hydrogen-bond donors (Lipinski definition) is 0. The molecule has 1 aliphatic rings. The summed E-state index contributed by atoms with van der Waals surface area (Å²) in [6, 6.07) is 11.9. The van der Waals surface area contributed by atoms with Crippen LogP contribution in [0.3, 0.4) is 0 Å². The molecule has 0 saturated heterocycles. The zero-order valence-electron chi connectivity index (χ0n) is 19.0. The summed E-state index contributed by atoms with van der Waals surface area (Å²) >= 11 is 0. The first-order chi connectivity index (χ1) is 15.6. The maximum atomic E-state index is 12.9. The van der Waals surface area contributed by atoms with Crippen LogP contribution in [0.15, 0.2) is 48.8 Å². The quantitative estimate of drug-likeness (QED) is 0.565. The Morgan fingerprint density at radius 2 is 2.00 bits per heavy atom. The van der Waals surface area contributed by atoms with Gasteiger partial charge >= 0.3 is 0 Å². The normalized spacial score (nSPS) is 16.2. The van der Waals surface area contributed by atoms with Crippen LogP contribution in [0.4, 0.5) is 0 Å². The fraction of sp³-hybridized carbons (Fsp3) is 0.400. The van der Waals surface area contributed by atoms with Crippen LogP contribution in [0.25, 0.3) is 11.0 Å². The summed E-state index contributed by atoms with van der Waals surface area (Å²) in [7, 11) is 3.52. The highest BCUT2D eigenvalue weighted by Gasteiger charge is 2.23. The third-order valence-electron chi connectivity index (χ3n) is 5.89. The fourth-order valence-electron chi connectivity index (χ4n) is 4.03. The van der Waals surface area contributed by atoms with E-state index in [1.165, 1.54) is 0 Å². The monoisotopic (exact) mass is 434 g/mol. The van der Waals surface area contributed by atoms with Crippen molar-refractivity contribution in [2.24, 2.45) is 0 Å². The van der Waals surface area contributed by atoms with Gasteiger partial charge in [0.15, 0.2) is 0 Å². The van der Waals surface area contributed by atoms with Gasteiger partial charge in [-0.15, -0.1) is 0 Å². The van der Waals surface area contributed by atoms with Crippen LogP contribution in [0.1, 0.15) is 30.9 Å². The molecule has 32 heavy (non-hydrogen) atoms. The molecule has 1 atom stereocenters. The highest BCUT2D eigenvalue weighted by molar-refractivity contribution is 5.77. The number of carbonyl (C=O) groups is 1. The molecule has 1 unspecified atom stereocenters. The van der Waals surface area contributed by atoms with Gasteiger partial charge < -0.3 is 14.4 Å². The predicted molar refractivity (Wildman–Crippen MR) is 124 cm³/mol. The van der Waals surface area contributed by atoms with E-state index in [1.807, 2.05) is 43.4 Å². The number of rotatable bonds is 7. The number of amides is 1. The van der Waals surface area contributed by atoms with Crippen LogP contribution in [-0.4, -0.2) is 59.0 Å². The number of aromatic nitrogens is 2. The molecule has 7 nitrogen and oxygen atoms in total. The summed E-state index contributed by atoms with van der Waals surface area (Å²) in [5.74, 6) is 1.84. The molecule has 1 aliphatic heterocycles. The number of nitrogens with zero attached hydrogens (tertiary/aromatic N) is 4. The lowest BCUT2D eigenvalue weighted by Crippen LogP contribution is -2.36. The fourth-order valence-corrected chi connectivity index (χ4v) is 4.03. The van der Waals surface area contributed by atoms with E-state index in [4.69, 9.17) is 9.47 Å². The molecule has 0 saturated carbocycles. The van der Waals surface area contributed by atoms with Crippen LogP contribution >= 0.6 is 0 Å². The van der Waals surface area contributed by atoms with E-state index in [1.54, 1.807) is 24.4 Å². The molecule has 4 rings (SSSR count). The Hall–Kier alpha value is -3.19. The highest BCUT2D eigenvalue weighted by Crippen LogP contribution is 2.29. The first-order valence-electron chi connectivity index (χ1n) is 11.0. The van der Waals surface area contributed by atoms with Crippen LogP contribution in [0.5, 0.6) is 11.5 Å². The summed E-state index contributed by atoms with van der Waals surface area (Å²) in [4.78, 5) is 25.6. The number of fused-ring (bicyclic) bond motifs is 2. The van der Waals surface area contributed by atoms with Crippen molar-refractivity contribution in [3.8, 4) is 11.5 Å². The molecule has 0 radical (unpaired) electrons. The van der Waals surface area contributed by atoms with E-state index in [0.29, 0.717) is 19.5 Å². The molecular weight excluding hydrogens is 404 g/mol. The Kier molecular flexibility index (Phi) is 6.85. The first kappa shape index (κ1) is 22.0. The van der Waals surface area contributed by atoms with Crippen molar-refractivity contribution in [3.63, 3.8) is 0 Å². The van der Waals surface area contributed by atoms with Crippen molar-refractivity contribution < 1.29 is 14.3 Å². The molecule has 168 valence electrons. The molecule has 3 aromatic rings. The van der Waals surface area contributed by atoms with Crippen LogP contribution in [0.2, 0.25) is 0 Å². The molecule has 0 spiro atoms. The lowest BCUT2D eigenvalue weighted by atomic mass is 10.1. The predicted octanol–water partition coefficient (Wildman–Crippen LogP) is 3.66. The Balaban J connectivity index is 1.38. The summed E-state index contributed by atoms with van der Waals surface area (Å²) in [5.41, 5.74) is 3.84. The van der Waals surface area contributed by atoms with Gasteiger partial charge in [0.25, 0.3) is 0 Å². The molecule has 1 aromatic heterocycles. The smallest absolute Gasteiger partial charge is 0.223 e. The van der Waals surface area contributed by atoms with Crippen molar-refractivity contribution >= 4 is 16.9 Å². The molecule has 2 aromatic carbocycles. The van der Waals surface area contributed by atoms with Gasteiger partial charge in [0.2, 0.25) is 5.91 Å². The molecule has 0 bridgehead atoms. The van der Waals surface area contributed by atoms with Crippen LogP contribution < -0.4 is 9.47 Å². The van der Waals surface area contributed by atoms with Gasteiger partial charge in [-0.3, -0.25) is 19.7 Å². The maximum Gasteiger partial charge on any atom is 0.223 e. The van der Waals surface area contributed by atoms with Crippen molar-refractivity contribution in [3.05, 3.63) is 59.9 Å². The van der Waals surface area contributed by atoms with E-state index in [0.717, 1.165) is 53.2 Å². The zero-order chi connectivity index (χ0) is 22.5. The lowest BCUT2D eigenvalue weighted by Gasteiger charge is -2.24. The summed E-state index contributed by atoms with van der Waals surface area (Å²) in [6.45, 7) is 4.90. The Morgan fingerprint density at radius 1 is 1.19 bits per heavy atom. The zero-order valence-corrected chi connectivity index (χ0v) is 19.0. The topological polar surface area (TPSA) is 67.8 Å². The number of ether oxygens (including phenoxy) is 2. The van der Waals surface area contributed by atoms with E-state index in [-0.39, 0.29) is 12.0 Å². The number of benzene rings is 2. The minimum atomic E-state index is 0.108. The van der Waals surface area contributed by atoms with Gasteiger partial charge in [0.1, 0.15) is 17.6 Å². The van der Waals surface area contributed by atoms with Gasteiger partial charge in [-0.2, -0.15) is 0 Å². The third-order valence-corrected chi connectivity index (χ3v) is 5.89. The van der Waals surface area contributed by atoms with Crippen molar-refractivity contribution in [1.82, 2.24) is 19.8 Å². The third kappa shape index (κ3) is 5.16. The van der Waals surface area contributed by atoms with Gasteiger partial charge in [-0.1, -0.05) is 13.0 Å². The first-order valence-corrected chi connectivity index (χ1v) is 11.0. The van der Waals surface area contributed by atoms with Gasteiger partial charge in [0.05, 0.1) is 18.1 Å². The van der Waals surface area contributed by atoms with Crippen LogP contribution in [0, 0.1) is 0 Å². The molecule has 7 heteroatoms. The average molecular weight is 435 g/mol. The van der Waals surface area contributed by atoms with Gasteiger partial charge in [-0.25, -0.2) is 0 Å². The van der Waals surface area contributed by atoms with Crippen molar-refractivity contribution in [1.29, 1.82) is 0 Å².